The molecule has 0 heterocycles. The number of carbonyl (C=O) groups is 1. The fourth-order valence-corrected chi connectivity index (χ4v) is 3.73. The zero-order valence-corrected chi connectivity index (χ0v) is 11.0. The predicted octanol–water partition coefficient (Wildman–Crippen LogP) is 3.54. The average Bonchev–Trinajstić information content (AvgIpc) is 2.51. The molecule has 0 spiro atoms. The van der Waals surface area contributed by atoms with Gasteiger partial charge in [0, 0.05) is 11.8 Å². The van der Waals surface area contributed by atoms with E-state index in [9.17, 15) is 4.79 Å². The van der Waals surface area contributed by atoms with E-state index in [0.29, 0.717) is 11.8 Å². The predicted molar refractivity (Wildman–Crippen MR) is 64.0 cm³/mol. The van der Waals surface area contributed by atoms with Gasteiger partial charge in [0.2, 0.25) is 0 Å². The average molecular weight is 224 g/mol. The summed E-state index contributed by atoms with van der Waals surface area (Å²) in [7, 11) is 0. The van der Waals surface area contributed by atoms with Crippen LogP contribution in [0, 0.1) is 16.7 Å². The third-order valence-electron chi connectivity index (χ3n) is 5.44. The quantitative estimate of drug-likeness (QED) is 0.685. The summed E-state index contributed by atoms with van der Waals surface area (Å²) in [4.78, 5) is 11.6. The van der Waals surface area contributed by atoms with E-state index < -0.39 is 0 Å². The van der Waals surface area contributed by atoms with Crippen LogP contribution >= 0.6 is 0 Å². The fraction of sp³-hybridized carbons (Fsp3) is 0.929. The molecule has 16 heavy (non-hydrogen) atoms. The topological polar surface area (TPSA) is 26.3 Å². The number of rotatable bonds is 3. The molecule has 92 valence electrons. The summed E-state index contributed by atoms with van der Waals surface area (Å²) in [6.45, 7) is 9.02. The third kappa shape index (κ3) is 1.49. The Morgan fingerprint density at radius 2 is 2.06 bits per heavy atom. The second-order valence-electron chi connectivity index (χ2n) is 6.34. The number of carbonyl (C=O) groups excluding carboxylic acids is 1. The van der Waals surface area contributed by atoms with Gasteiger partial charge in [-0.2, -0.15) is 0 Å². The van der Waals surface area contributed by atoms with Crippen molar-refractivity contribution in [3.8, 4) is 0 Å². The largest absolute Gasteiger partial charge is 0.462 e. The fourth-order valence-electron chi connectivity index (χ4n) is 3.73. The van der Waals surface area contributed by atoms with Crippen LogP contribution in [0.25, 0.3) is 0 Å². The Bertz CT molecular complexity index is 295. The molecule has 2 aliphatic rings. The van der Waals surface area contributed by atoms with Crippen LogP contribution in [-0.4, -0.2) is 12.1 Å². The summed E-state index contributed by atoms with van der Waals surface area (Å²) in [6, 6.07) is 0. The summed E-state index contributed by atoms with van der Waals surface area (Å²) >= 11 is 0. The van der Waals surface area contributed by atoms with Crippen molar-refractivity contribution in [2.75, 3.05) is 0 Å². The molecule has 2 aliphatic carbocycles. The molecular formula is C14H24O2. The molecule has 2 heteroatoms. The van der Waals surface area contributed by atoms with Gasteiger partial charge < -0.3 is 4.74 Å². The zero-order valence-electron chi connectivity index (χ0n) is 11.0. The first-order valence-corrected chi connectivity index (χ1v) is 6.61. The summed E-state index contributed by atoms with van der Waals surface area (Å²) in [5, 5.41) is 0. The number of ether oxygens (including phenoxy) is 1. The highest BCUT2D eigenvalue weighted by atomic mass is 16.5. The lowest BCUT2D eigenvalue weighted by Crippen LogP contribution is -2.38. The van der Waals surface area contributed by atoms with Crippen molar-refractivity contribution in [3.05, 3.63) is 0 Å². The van der Waals surface area contributed by atoms with Gasteiger partial charge in [0.15, 0.2) is 0 Å². The van der Waals surface area contributed by atoms with E-state index in [2.05, 4.69) is 20.8 Å². The van der Waals surface area contributed by atoms with Crippen molar-refractivity contribution in [2.45, 2.75) is 65.9 Å². The lowest BCUT2D eigenvalue weighted by Gasteiger charge is -2.38. The van der Waals surface area contributed by atoms with Gasteiger partial charge in [-0.1, -0.05) is 27.7 Å². The molecule has 0 N–H and O–H groups in total. The molecule has 2 saturated carbocycles. The third-order valence-corrected chi connectivity index (χ3v) is 5.44. The number of fused-ring (bicyclic) bond motifs is 2. The highest BCUT2D eigenvalue weighted by molar-refractivity contribution is 5.69. The molecule has 0 aromatic rings. The highest BCUT2D eigenvalue weighted by Gasteiger charge is 2.62. The van der Waals surface area contributed by atoms with Crippen LogP contribution in [-0.2, 0) is 9.53 Å². The molecule has 2 fully saturated rings. The van der Waals surface area contributed by atoms with Crippen molar-refractivity contribution < 1.29 is 9.53 Å². The molecule has 0 saturated heterocycles. The molecule has 3 atom stereocenters. The minimum atomic E-state index is -0.00271. The molecule has 0 amide bonds. The van der Waals surface area contributed by atoms with Gasteiger partial charge in [-0.3, -0.25) is 4.79 Å². The molecule has 0 aliphatic heterocycles. The number of hydrogen-bond donors (Lipinski definition) is 0. The lowest BCUT2D eigenvalue weighted by molar-refractivity contribution is -0.156. The van der Waals surface area contributed by atoms with E-state index >= 15 is 0 Å². The molecule has 2 bridgehead atoms. The van der Waals surface area contributed by atoms with Gasteiger partial charge >= 0.3 is 5.97 Å². The SMILES string of the molecule is CCCC(=O)O[C@@H]1C[C@@H]2CC[C@@]1(C)C2(C)C. The second-order valence-corrected chi connectivity index (χ2v) is 6.34. The van der Waals surface area contributed by atoms with Gasteiger partial charge in [-0.05, 0) is 37.0 Å². The normalized spacial score (nSPS) is 40.0. The molecule has 2 nitrogen and oxygen atoms in total. The number of esters is 1. The van der Waals surface area contributed by atoms with Gasteiger partial charge in [-0.25, -0.2) is 0 Å². The molecule has 0 unspecified atom stereocenters. The zero-order chi connectivity index (χ0) is 12.0. The Kier molecular flexibility index (Phi) is 2.80. The lowest BCUT2D eigenvalue weighted by atomic mass is 9.70. The molecule has 0 aromatic heterocycles. The Hall–Kier alpha value is -0.530. The molecule has 2 rings (SSSR count). The smallest absolute Gasteiger partial charge is 0.306 e. The van der Waals surface area contributed by atoms with Crippen molar-refractivity contribution in [1.29, 1.82) is 0 Å². The first-order valence-electron chi connectivity index (χ1n) is 6.61. The van der Waals surface area contributed by atoms with Crippen LogP contribution in [0.5, 0.6) is 0 Å². The van der Waals surface area contributed by atoms with Crippen LogP contribution in [0.2, 0.25) is 0 Å². The second kappa shape index (κ2) is 3.75. The summed E-state index contributed by atoms with van der Waals surface area (Å²) in [5.41, 5.74) is 0.547. The van der Waals surface area contributed by atoms with Crippen LogP contribution in [0.1, 0.15) is 59.8 Å². The Morgan fingerprint density at radius 1 is 1.38 bits per heavy atom. The first kappa shape index (κ1) is 11.9. The molecule has 0 aromatic carbocycles. The van der Waals surface area contributed by atoms with Crippen molar-refractivity contribution >= 4 is 5.97 Å². The van der Waals surface area contributed by atoms with Crippen LogP contribution in [0.4, 0.5) is 0 Å². The van der Waals surface area contributed by atoms with Crippen LogP contribution < -0.4 is 0 Å². The maximum Gasteiger partial charge on any atom is 0.306 e. The maximum absolute atomic E-state index is 11.6. The van der Waals surface area contributed by atoms with E-state index in [1.54, 1.807) is 0 Å². The highest BCUT2D eigenvalue weighted by Crippen LogP contribution is 2.66. The summed E-state index contributed by atoms with van der Waals surface area (Å²) in [6.07, 6.45) is 5.23. The van der Waals surface area contributed by atoms with Gasteiger partial charge in [-0.15, -0.1) is 0 Å². The van der Waals surface area contributed by atoms with Gasteiger partial charge in [0.05, 0.1) is 0 Å². The maximum atomic E-state index is 11.6. The van der Waals surface area contributed by atoms with E-state index in [-0.39, 0.29) is 17.5 Å². The van der Waals surface area contributed by atoms with Gasteiger partial charge in [0.1, 0.15) is 6.10 Å². The monoisotopic (exact) mass is 224 g/mol. The number of hydrogen-bond acceptors (Lipinski definition) is 2. The van der Waals surface area contributed by atoms with E-state index in [1.807, 2.05) is 6.92 Å². The van der Waals surface area contributed by atoms with Crippen molar-refractivity contribution in [2.24, 2.45) is 16.7 Å². The van der Waals surface area contributed by atoms with Crippen LogP contribution in [0.15, 0.2) is 0 Å². The molecular weight excluding hydrogens is 200 g/mol. The minimum Gasteiger partial charge on any atom is -0.462 e. The minimum absolute atomic E-state index is 0.00271. The Morgan fingerprint density at radius 3 is 2.50 bits per heavy atom. The standard InChI is InChI=1S/C14H24O2/c1-5-6-12(15)16-11-9-10-7-8-14(11,4)13(10,2)3/h10-11H,5-9H2,1-4H3/t10-,11+,14+/m0/s1. The summed E-state index contributed by atoms with van der Waals surface area (Å²) < 4.78 is 5.69. The van der Waals surface area contributed by atoms with Crippen LogP contribution in [0.3, 0.4) is 0 Å². The van der Waals surface area contributed by atoms with Crippen molar-refractivity contribution in [3.63, 3.8) is 0 Å². The van der Waals surface area contributed by atoms with E-state index in [0.717, 1.165) is 18.8 Å². The Labute approximate surface area is 98.7 Å². The van der Waals surface area contributed by atoms with Gasteiger partial charge in [0.25, 0.3) is 0 Å². The molecule has 0 radical (unpaired) electrons. The van der Waals surface area contributed by atoms with E-state index in [4.69, 9.17) is 4.74 Å². The van der Waals surface area contributed by atoms with E-state index in [1.165, 1.54) is 12.8 Å². The van der Waals surface area contributed by atoms with Crippen molar-refractivity contribution in [1.82, 2.24) is 0 Å². The Balaban J connectivity index is 2.07. The first-order chi connectivity index (χ1) is 7.41. The summed E-state index contributed by atoms with van der Waals surface area (Å²) in [5.74, 6) is 0.744.